The van der Waals surface area contributed by atoms with Gasteiger partial charge in [-0.3, -0.25) is 14.5 Å². The quantitative estimate of drug-likeness (QED) is 0.444. The molecule has 1 aromatic heterocycles. The van der Waals surface area contributed by atoms with Crippen molar-refractivity contribution in [2.75, 3.05) is 25.7 Å². The second-order valence-electron chi connectivity index (χ2n) is 5.76. The first-order chi connectivity index (χ1) is 12.9. The highest BCUT2D eigenvalue weighted by Crippen LogP contribution is 2.30. The van der Waals surface area contributed by atoms with Gasteiger partial charge >= 0.3 is 5.97 Å². The van der Waals surface area contributed by atoms with E-state index < -0.39 is 5.97 Å². The topological polar surface area (TPSA) is 72.2 Å². The number of amides is 1. The van der Waals surface area contributed by atoms with Crippen molar-refractivity contribution in [1.29, 1.82) is 0 Å². The Morgan fingerprint density at radius 1 is 1.19 bits per heavy atom. The normalized spacial score (nSPS) is 15.6. The van der Waals surface area contributed by atoms with Crippen LogP contribution < -0.4 is 9.64 Å². The number of carbonyl (C=O) groups is 2. The molecule has 1 fully saturated rings. The van der Waals surface area contributed by atoms with Gasteiger partial charge in [0.05, 0.1) is 19.9 Å². The Balaban J connectivity index is 2.01. The van der Waals surface area contributed by atoms with Crippen LogP contribution in [0.5, 0.6) is 5.75 Å². The number of carbonyl (C=O) groups excluding carboxylic acids is 2. The summed E-state index contributed by atoms with van der Waals surface area (Å²) < 4.78 is 15.4. The summed E-state index contributed by atoms with van der Waals surface area (Å²) in [5.74, 6) is 0.988. The zero-order chi connectivity index (χ0) is 19.6. The molecule has 140 valence electrons. The minimum Gasteiger partial charge on any atom is -0.497 e. The maximum atomic E-state index is 13.1. The van der Waals surface area contributed by atoms with Gasteiger partial charge in [-0.25, -0.2) is 0 Å². The second kappa shape index (κ2) is 7.63. The lowest BCUT2D eigenvalue weighted by Crippen LogP contribution is -2.35. The minimum atomic E-state index is -0.511. The average Bonchev–Trinajstić information content (AvgIpc) is 3.18. The highest BCUT2D eigenvalue weighted by molar-refractivity contribution is 7.80. The molecule has 2 heterocycles. The van der Waals surface area contributed by atoms with Crippen LogP contribution in [0.4, 0.5) is 5.69 Å². The lowest BCUT2D eigenvalue weighted by atomic mass is 10.2. The number of esters is 1. The van der Waals surface area contributed by atoms with Gasteiger partial charge in [0, 0.05) is 6.08 Å². The summed E-state index contributed by atoms with van der Waals surface area (Å²) in [4.78, 5) is 27.7. The third kappa shape index (κ3) is 3.70. The molecule has 0 spiro atoms. The number of nitrogens with zero attached hydrogens (tertiary/aromatic N) is 2. The van der Waals surface area contributed by atoms with Crippen molar-refractivity contribution in [2.24, 2.45) is 0 Å². The first kappa shape index (κ1) is 18.7. The van der Waals surface area contributed by atoms with E-state index >= 15 is 0 Å². The highest BCUT2D eigenvalue weighted by atomic mass is 32.1. The van der Waals surface area contributed by atoms with E-state index in [1.54, 1.807) is 56.5 Å². The molecule has 0 N–H and O–H groups in total. The SMILES string of the molecule is COC(=O)CN1C(=S)N(c2ccc(OC)cc2)C(=O)/C1=C\c1ccc(C)o1. The number of thiocarbonyl (C=S) groups is 1. The fourth-order valence-corrected chi connectivity index (χ4v) is 3.00. The van der Waals surface area contributed by atoms with Gasteiger partial charge in [-0.15, -0.1) is 0 Å². The van der Waals surface area contributed by atoms with Gasteiger partial charge in [-0.2, -0.15) is 0 Å². The molecule has 1 aliphatic rings. The number of hydrogen-bond acceptors (Lipinski definition) is 6. The summed E-state index contributed by atoms with van der Waals surface area (Å²) in [6.45, 7) is 1.62. The zero-order valence-corrected chi connectivity index (χ0v) is 15.9. The molecule has 0 saturated carbocycles. The predicted molar refractivity (Wildman–Crippen MR) is 103 cm³/mol. The Hall–Kier alpha value is -3.13. The van der Waals surface area contributed by atoms with E-state index in [4.69, 9.17) is 26.1 Å². The standard InChI is InChI=1S/C19H18N2O5S/c1-12-4-7-15(26-12)10-16-18(23)21(13-5-8-14(24-2)9-6-13)19(27)20(16)11-17(22)25-3/h4-10H,11H2,1-3H3/b16-10+. The van der Waals surface area contributed by atoms with E-state index in [1.165, 1.54) is 16.9 Å². The number of methoxy groups -OCH3 is 2. The molecule has 1 aromatic carbocycles. The van der Waals surface area contributed by atoms with Crippen LogP contribution in [0, 0.1) is 6.92 Å². The Morgan fingerprint density at radius 3 is 2.44 bits per heavy atom. The van der Waals surface area contributed by atoms with Gasteiger partial charge in [0.2, 0.25) is 0 Å². The van der Waals surface area contributed by atoms with E-state index in [1.807, 2.05) is 0 Å². The van der Waals surface area contributed by atoms with Crippen LogP contribution in [-0.4, -0.2) is 42.7 Å². The Morgan fingerprint density at radius 2 is 1.89 bits per heavy atom. The van der Waals surface area contributed by atoms with Gasteiger partial charge < -0.3 is 18.8 Å². The number of hydrogen-bond donors (Lipinski definition) is 0. The van der Waals surface area contributed by atoms with E-state index in [9.17, 15) is 9.59 Å². The molecule has 7 nitrogen and oxygen atoms in total. The number of ether oxygens (including phenoxy) is 2. The maximum absolute atomic E-state index is 13.1. The number of benzene rings is 1. The van der Waals surface area contributed by atoms with Gasteiger partial charge in [-0.1, -0.05) is 0 Å². The molecular weight excluding hydrogens is 368 g/mol. The van der Waals surface area contributed by atoms with Crippen molar-refractivity contribution in [1.82, 2.24) is 4.90 Å². The molecular formula is C19H18N2O5S. The number of anilines is 1. The predicted octanol–water partition coefficient (Wildman–Crippen LogP) is 2.74. The lowest BCUT2D eigenvalue weighted by Gasteiger charge is -2.19. The van der Waals surface area contributed by atoms with Gasteiger partial charge in [0.15, 0.2) is 5.11 Å². The summed E-state index contributed by atoms with van der Waals surface area (Å²) in [5, 5.41) is 0.185. The molecule has 8 heteroatoms. The van der Waals surface area contributed by atoms with Crippen molar-refractivity contribution < 1.29 is 23.5 Å². The number of rotatable bonds is 5. The molecule has 1 amide bonds. The summed E-state index contributed by atoms with van der Waals surface area (Å²) in [6, 6.07) is 10.4. The van der Waals surface area contributed by atoms with Crippen LogP contribution >= 0.6 is 12.2 Å². The lowest BCUT2D eigenvalue weighted by molar-refractivity contribution is -0.140. The van der Waals surface area contributed by atoms with E-state index in [-0.39, 0.29) is 23.3 Å². The third-order valence-electron chi connectivity index (χ3n) is 4.02. The van der Waals surface area contributed by atoms with Crippen molar-refractivity contribution in [3.8, 4) is 5.75 Å². The summed E-state index contributed by atoms with van der Waals surface area (Å²) in [5.41, 5.74) is 0.801. The molecule has 0 radical (unpaired) electrons. The smallest absolute Gasteiger partial charge is 0.325 e. The fourth-order valence-electron chi connectivity index (χ4n) is 2.65. The Bertz CT molecular complexity index is 916. The molecule has 0 atom stereocenters. The zero-order valence-electron chi connectivity index (χ0n) is 15.1. The van der Waals surface area contributed by atoms with Gasteiger partial charge in [-0.05, 0) is 55.5 Å². The molecule has 2 aromatic rings. The summed E-state index contributed by atoms with van der Waals surface area (Å²) >= 11 is 5.47. The van der Waals surface area contributed by atoms with E-state index in [2.05, 4.69) is 0 Å². The van der Waals surface area contributed by atoms with Crippen LogP contribution in [0.15, 0.2) is 46.5 Å². The van der Waals surface area contributed by atoms with E-state index in [0.29, 0.717) is 23.0 Å². The fraction of sp³-hybridized carbons (Fsp3) is 0.211. The Kier molecular flexibility index (Phi) is 5.27. The van der Waals surface area contributed by atoms with Crippen LogP contribution in [0.2, 0.25) is 0 Å². The summed E-state index contributed by atoms with van der Waals surface area (Å²) in [6.07, 6.45) is 1.56. The molecule has 1 saturated heterocycles. The molecule has 0 aliphatic carbocycles. The van der Waals surface area contributed by atoms with Gasteiger partial charge in [0.1, 0.15) is 29.5 Å². The van der Waals surface area contributed by atoms with Crippen LogP contribution in [0.1, 0.15) is 11.5 Å². The van der Waals surface area contributed by atoms with Crippen molar-refractivity contribution in [2.45, 2.75) is 6.92 Å². The Labute approximate surface area is 161 Å². The molecule has 3 rings (SSSR count). The molecule has 0 unspecified atom stereocenters. The first-order valence-electron chi connectivity index (χ1n) is 8.09. The van der Waals surface area contributed by atoms with Gasteiger partial charge in [0.25, 0.3) is 5.91 Å². The largest absolute Gasteiger partial charge is 0.497 e. The number of furan rings is 1. The molecule has 1 aliphatic heterocycles. The van der Waals surface area contributed by atoms with Crippen LogP contribution in [-0.2, 0) is 14.3 Å². The summed E-state index contributed by atoms with van der Waals surface area (Å²) in [7, 11) is 2.84. The van der Waals surface area contributed by atoms with Crippen molar-refractivity contribution in [3.63, 3.8) is 0 Å². The average molecular weight is 386 g/mol. The van der Waals surface area contributed by atoms with Crippen LogP contribution in [0.25, 0.3) is 6.08 Å². The first-order valence-corrected chi connectivity index (χ1v) is 8.50. The number of aryl methyl sites for hydroxylation is 1. The maximum Gasteiger partial charge on any atom is 0.325 e. The van der Waals surface area contributed by atoms with Crippen LogP contribution in [0.3, 0.4) is 0 Å². The van der Waals surface area contributed by atoms with E-state index in [0.717, 1.165) is 0 Å². The molecule has 0 bridgehead atoms. The van der Waals surface area contributed by atoms with Crippen molar-refractivity contribution >= 4 is 41.0 Å². The van der Waals surface area contributed by atoms with Crippen molar-refractivity contribution in [3.05, 3.63) is 53.6 Å². The second-order valence-corrected chi connectivity index (χ2v) is 6.13. The third-order valence-corrected chi connectivity index (χ3v) is 4.42. The molecule has 27 heavy (non-hydrogen) atoms. The highest BCUT2D eigenvalue weighted by Gasteiger charge is 2.40. The monoisotopic (exact) mass is 386 g/mol. The minimum absolute atomic E-state index is 0.181.